The molecule has 8 heteroatoms. The Morgan fingerprint density at radius 2 is 1.85 bits per heavy atom. The molecular weight excluding hydrogens is 444 g/mol. The van der Waals surface area contributed by atoms with E-state index in [9.17, 15) is 4.79 Å². The van der Waals surface area contributed by atoms with Crippen molar-refractivity contribution in [2.75, 3.05) is 31.3 Å². The van der Waals surface area contributed by atoms with E-state index in [1.54, 1.807) is 17.5 Å². The summed E-state index contributed by atoms with van der Waals surface area (Å²) >= 11 is 1.60. The van der Waals surface area contributed by atoms with Gasteiger partial charge in [0.2, 0.25) is 5.95 Å². The highest BCUT2D eigenvalue weighted by molar-refractivity contribution is 7.16. The van der Waals surface area contributed by atoms with Crippen LogP contribution < -0.4 is 10.6 Å². The number of benzene rings is 2. The van der Waals surface area contributed by atoms with Gasteiger partial charge in [0.1, 0.15) is 5.82 Å². The second-order valence-corrected chi connectivity index (χ2v) is 10.3. The van der Waals surface area contributed by atoms with Gasteiger partial charge in [-0.25, -0.2) is 9.97 Å². The van der Waals surface area contributed by atoms with Gasteiger partial charge in [-0.2, -0.15) is 4.98 Å². The molecule has 0 aliphatic heterocycles. The Morgan fingerprint density at radius 1 is 1.03 bits per heavy atom. The van der Waals surface area contributed by atoms with Crippen LogP contribution in [0.4, 0.5) is 23.1 Å². The molecule has 0 aliphatic rings. The van der Waals surface area contributed by atoms with E-state index < -0.39 is 0 Å². The highest BCUT2D eigenvalue weighted by atomic mass is 32.1. The summed E-state index contributed by atoms with van der Waals surface area (Å²) in [5, 5.41) is 6.54. The zero-order valence-corrected chi connectivity index (χ0v) is 20.8. The van der Waals surface area contributed by atoms with Crippen molar-refractivity contribution in [3.63, 3.8) is 0 Å². The Kier molecular flexibility index (Phi) is 7.19. The third kappa shape index (κ3) is 6.36. The van der Waals surface area contributed by atoms with Crippen molar-refractivity contribution in [3.8, 4) is 0 Å². The van der Waals surface area contributed by atoms with E-state index in [0.29, 0.717) is 23.8 Å². The van der Waals surface area contributed by atoms with Crippen LogP contribution in [0.3, 0.4) is 0 Å². The van der Waals surface area contributed by atoms with Crippen molar-refractivity contribution >= 4 is 50.5 Å². The minimum atomic E-state index is 0.0842. The molecule has 2 aromatic carbocycles. The Hall–Kier alpha value is -3.36. The summed E-state index contributed by atoms with van der Waals surface area (Å²) < 4.78 is 1.11. The number of thiazole rings is 1. The summed E-state index contributed by atoms with van der Waals surface area (Å²) in [5.74, 6) is 1.28. The van der Waals surface area contributed by atoms with Crippen LogP contribution in [0, 0.1) is 5.41 Å². The van der Waals surface area contributed by atoms with Crippen molar-refractivity contribution < 1.29 is 4.79 Å². The molecule has 0 atom stereocenters. The summed E-state index contributed by atoms with van der Waals surface area (Å²) in [7, 11) is 4.12. The van der Waals surface area contributed by atoms with Gasteiger partial charge in [-0.15, -0.1) is 11.3 Å². The number of rotatable bonds is 10. The van der Waals surface area contributed by atoms with Crippen LogP contribution in [0.1, 0.15) is 37.0 Å². The Labute approximate surface area is 204 Å². The Morgan fingerprint density at radius 3 is 2.68 bits per heavy atom. The smallest absolute Gasteiger partial charge is 0.229 e. The number of carbonyl (C=O) groups excluding carboxylic acids is 1. The summed E-state index contributed by atoms with van der Waals surface area (Å²) in [6.07, 6.45) is 3.06. The molecule has 0 saturated carbocycles. The zero-order chi connectivity index (χ0) is 24.1. The first-order valence-electron chi connectivity index (χ1n) is 11.3. The lowest BCUT2D eigenvalue weighted by Crippen LogP contribution is -2.29. The molecule has 0 fully saturated rings. The van der Waals surface area contributed by atoms with E-state index in [2.05, 4.69) is 64.5 Å². The fourth-order valence-electron chi connectivity index (χ4n) is 4.00. The Bertz CT molecular complexity index is 1280. The molecule has 0 spiro atoms. The maximum atomic E-state index is 12.8. The average Bonchev–Trinajstić information content (AvgIpc) is 3.25. The molecule has 4 rings (SSSR count). The number of carbonyl (C=O) groups is 1. The molecule has 0 aliphatic carbocycles. The number of nitrogens with zero attached hydrogens (tertiary/aromatic N) is 4. The van der Waals surface area contributed by atoms with E-state index in [-0.39, 0.29) is 11.2 Å². The number of hydrogen-bond acceptors (Lipinski definition) is 8. The SMILES string of the molecule is CN(C)CC(C)(C)CCC(=O)c1cccc(Nc2nccc(Nc3ccc4ncsc4c3)n2)c1. The molecule has 34 heavy (non-hydrogen) atoms. The number of hydrogen-bond donors (Lipinski definition) is 2. The van der Waals surface area contributed by atoms with E-state index in [0.717, 1.165) is 34.6 Å². The molecule has 0 saturated heterocycles. The minimum absolute atomic E-state index is 0.0842. The largest absolute Gasteiger partial charge is 0.340 e. The number of aromatic nitrogens is 3. The number of nitrogens with one attached hydrogen (secondary N) is 2. The van der Waals surface area contributed by atoms with Gasteiger partial charge in [0.25, 0.3) is 0 Å². The van der Waals surface area contributed by atoms with E-state index in [1.807, 2.05) is 48.0 Å². The highest BCUT2D eigenvalue weighted by Gasteiger charge is 2.20. The number of Topliss-reactive ketones (excluding diaryl/α,β-unsaturated/α-hetero) is 1. The molecule has 0 radical (unpaired) electrons. The highest BCUT2D eigenvalue weighted by Crippen LogP contribution is 2.26. The molecule has 7 nitrogen and oxygen atoms in total. The Balaban J connectivity index is 1.41. The predicted molar refractivity (Wildman–Crippen MR) is 141 cm³/mol. The molecule has 4 aromatic rings. The van der Waals surface area contributed by atoms with E-state index >= 15 is 0 Å². The first kappa shape index (κ1) is 23.8. The summed E-state index contributed by atoms with van der Waals surface area (Å²) in [4.78, 5) is 28.2. The summed E-state index contributed by atoms with van der Waals surface area (Å²) in [5.41, 5.74) is 5.31. The van der Waals surface area contributed by atoms with Crippen LogP contribution in [-0.4, -0.2) is 46.3 Å². The van der Waals surface area contributed by atoms with Gasteiger partial charge in [0.15, 0.2) is 5.78 Å². The van der Waals surface area contributed by atoms with Gasteiger partial charge in [0, 0.05) is 36.1 Å². The first-order chi connectivity index (χ1) is 16.3. The second kappa shape index (κ2) is 10.3. The number of ketones is 1. The zero-order valence-electron chi connectivity index (χ0n) is 20.0. The van der Waals surface area contributed by atoms with Crippen molar-refractivity contribution in [1.29, 1.82) is 0 Å². The van der Waals surface area contributed by atoms with E-state index in [1.165, 1.54) is 0 Å². The van der Waals surface area contributed by atoms with Gasteiger partial charge < -0.3 is 15.5 Å². The lowest BCUT2D eigenvalue weighted by Gasteiger charge is -2.28. The maximum absolute atomic E-state index is 12.8. The topological polar surface area (TPSA) is 83.0 Å². The summed E-state index contributed by atoms with van der Waals surface area (Å²) in [6, 6.07) is 15.4. The minimum Gasteiger partial charge on any atom is -0.340 e. The standard InChI is InChI=1S/C26H30N6OS/c1-26(2,16-32(3)4)12-10-22(33)18-6-5-7-19(14-18)30-25-27-13-11-24(31-25)29-20-8-9-21-23(15-20)34-17-28-21/h5-9,11,13-15,17H,10,12,16H2,1-4H3,(H2,27,29,30,31). The number of fused-ring (bicyclic) bond motifs is 1. The molecule has 0 unspecified atom stereocenters. The maximum Gasteiger partial charge on any atom is 0.229 e. The van der Waals surface area contributed by atoms with E-state index in [4.69, 9.17) is 0 Å². The van der Waals surface area contributed by atoms with Crippen molar-refractivity contribution in [3.05, 3.63) is 65.8 Å². The monoisotopic (exact) mass is 474 g/mol. The van der Waals surface area contributed by atoms with Crippen molar-refractivity contribution in [2.24, 2.45) is 5.41 Å². The third-order valence-corrected chi connectivity index (χ3v) is 6.26. The molecule has 0 bridgehead atoms. The summed E-state index contributed by atoms with van der Waals surface area (Å²) in [6.45, 7) is 5.35. The van der Waals surface area contributed by atoms with Gasteiger partial charge >= 0.3 is 0 Å². The van der Waals surface area contributed by atoms with Crippen LogP contribution in [0.2, 0.25) is 0 Å². The van der Waals surface area contributed by atoms with Crippen LogP contribution in [0.15, 0.2) is 60.2 Å². The molecule has 176 valence electrons. The molecule has 2 heterocycles. The fourth-order valence-corrected chi connectivity index (χ4v) is 4.72. The average molecular weight is 475 g/mol. The number of anilines is 4. The van der Waals surface area contributed by atoms with Crippen molar-refractivity contribution in [2.45, 2.75) is 26.7 Å². The van der Waals surface area contributed by atoms with Gasteiger partial charge in [-0.1, -0.05) is 26.0 Å². The van der Waals surface area contributed by atoms with Gasteiger partial charge in [-0.3, -0.25) is 4.79 Å². The lowest BCUT2D eigenvalue weighted by atomic mass is 9.85. The van der Waals surface area contributed by atoms with Gasteiger partial charge in [0.05, 0.1) is 15.7 Å². The molecule has 2 aromatic heterocycles. The normalized spacial score (nSPS) is 11.7. The van der Waals surface area contributed by atoms with Gasteiger partial charge in [-0.05, 0) is 62.3 Å². The lowest BCUT2D eigenvalue weighted by molar-refractivity contribution is 0.0955. The quantitative estimate of drug-likeness (QED) is 0.268. The molecule has 0 amide bonds. The predicted octanol–water partition coefficient (Wildman–Crippen LogP) is 6.12. The molecular formula is C26H30N6OS. The molecule has 2 N–H and O–H groups in total. The van der Waals surface area contributed by atoms with Crippen LogP contribution >= 0.6 is 11.3 Å². The van der Waals surface area contributed by atoms with Crippen molar-refractivity contribution in [1.82, 2.24) is 19.9 Å². The first-order valence-corrected chi connectivity index (χ1v) is 12.1. The van der Waals surface area contributed by atoms with Crippen LogP contribution in [-0.2, 0) is 0 Å². The third-order valence-electron chi connectivity index (χ3n) is 5.47. The second-order valence-electron chi connectivity index (χ2n) is 9.46. The van der Waals surface area contributed by atoms with Crippen LogP contribution in [0.5, 0.6) is 0 Å². The fraction of sp³-hybridized carbons (Fsp3) is 0.308. The van der Waals surface area contributed by atoms with Crippen LogP contribution in [0.25, 0.3) is 10.2 Å².